The van der Waals surface area contributed by atoms with Crippen molar-refractivity contribution in [3.05, 3.63) is 53.6 Å². The lowest BCUT2D eigenvalue weighted by Gasteiger charge is -2.13. The number of carbonyl (C=O) groups excluding carboxylic acids is 1. The molecule has 0 fully saturated rings. The Morgan fingerprint density at radius 3 is 2.50 bits per heavy atom. The molecule has 0 saturated carbocycles. The van der Waals surface area contributed by atoms with Gasteiger partial charge in [0.1, 0.15) is 5.75 Å². The van der Waals surface area contributed by atoms with Crippen LogP contribution in [0.4, 0.5) is 11.4 Å². The zero-order valence-electron chi connectivity index (χ0n) is 14.8. The second-order valence-electron chi connectivity index (χ2n) is 6.08. The molecule has 0 heterocycles. The first kappa shape index (κ1) is 17.9. The molecule has 128 valence electrons. The fraction of sp³-hybridized carbons (Fsp3) is 0.350. The van der Waals surface area contributed by atoms with Crippen LogP contribution in [0.2, 0.25) is 0 Å². The Bertz CT molecular complexity index is 681. The molecule has 0 spiro atoms. The maximum Gasteiger partial charge on any atom is 0.243 e. The van der Waals surface area contributed by atoms with E-state index >= 15 is 0 Å². The van der Waals surface area contributed by atoms with E-state index in [0.717, 1.165) is 34.7 Å². The summed E-state index contributed by atoms with van der Waals surface area (Å²) in [4.78, 5) is 12.1. The van der Waals surface area contributed by atoms with Gasteiger partial charge in [0.05, 0.1) is 12.6 Å². The van der Waals surface area contributed by atoms with E-state index < -0.39 is 0 Å². The van der Waals surface area contributed by atoms with E-state index in [4.69, 9.17) is 4.74 Å². The third-order valence-electron chi connectivity index (χ3n) is 3.89. The summed E-state index contributed by atoms with van der Waals surface area (Å²) in [5, 5.41) is 6.07. The summed E-state index contributed by atoms with van der Waals surface area (Å²) < 4.78 is 5.74. The van der Waals surface area contributed by atoms with Crippen LogP contribution in [-0.4, -0.2) is 18.6 Å². The maximum atomic E-state index is 12.1. The van der Waals surface area contributed by atoms with Crippen LogP contribution in [0, 0.1) is 13.8 Å². The number of carbonyl (C=O) groups is 1. The lowest BCUT2D eigenvalue weighted by molar-refractivity contribution is -0.114. The first-order chi connectivity index (χ1) is 11.5. The Morgan fingerprint density at radius 1 is 1.12 bits per heavy atom. The van der Waals surface area contributed by atoms with Crippen LogP contribution in [0.5, 0.6) is 5.75 Å². The number of hydrogen-bond donors (Lipinski definition) is 2. The Hall–Kier alpha value is -2.49. The number of benzene rings is 2. The van der Waals surface area contributed by atoms with Crippen molar-refractivity contribution in [1.82, 2.24) is 0 Å². The summed E-state index contributed by atoms with van der Waals surface area (Å²) >= 11 is 0. The standard InChI is InChI=1S/C20H26N2O2/c1-5-16(4)24-18-10-8-17(9-11-18)21-13-20(23)22-19-12-14(2)6-7-15(19)3/h6-12,16,21H,5,13H2,1-4H3,(H,22,23). The van der Waals surface area contributed by atoms with Gasteiger partial charge in [0.15, 0.2) is 0 Å². The van der Waals surface area contributed by atoms with Crippen LogP contribution < -0.4 is 15.4 Å². The molecule has 2 aromatic rings. The molecule has 4 nitrogen and oxygen atoms in total. The quantitative estimate of drug-likeness (QED) is 0.786. The molecule has 0 bridgehead atoms. The molecule has 2 rings (SSSR count). The highest BCUT2D eigenvalue weighted by atomic mass is 16.5. The van der Waals surface area contributed by atoms with E-state index in [1.165, 1.54) is 0 Å². The molecule has 2 N–H and O–H groups in total. The molecule has 1 unspecified atom stereocenters. The number of amides is 1. The summed E-state index contributed by atoms with van der Waals surface area (Å²) in [6.45, 7) is 8.35. The topological polar surface area (TPSA) is 50.4 Å². The number of anilines is 2. The van der Waals surface area contributed by atoms with Gasteiger partial charge in [-0.05, 0) is 68.7 Å². The third kappa shape index (κ3) is 5.30. The Kier molecular flexibility index (Phi) is 6.24. The summed E-state index contributed by atoms with van der Waals surface area (Å²) in [6, 6.07) is 13.7. The number of aryl methyl sites for hydroxylation is 2. The summed E-state index contributed by atoms with van der Waals surface area (Å²) in [6.07, 6.45) is 1.17. The van der Waals surface area contributed by atoms with Gasteiger partial charge >= 0.3 is 0 Å². The van der Waals surface area contributed by atoms with Crippen LogP contribution >= 0.6 is 0 Å². The number of rotatable bonds is 7. The molecule has 0 aliphatic rings. The van der Waals surface area contributed by atoms with Gasteiger partial charge in [0.25, 0.3) is 0 Å². The second kappa shape index (κ2) is 8.39. The van der Waals surface area contributed by atoms with E-state index in [9.17, 15) is 4.79 Å². The van der Waals surface area contributed by atoms with Crippen LogP contribution in [-0.2, 0) is 4.79 Å². The van der Waals surface area contributed by atoms with Crippen molar-refractivity contribution < 1.29 is 9.53 Å². The van der Waals surface area contributed by atoms with Gasteiger partial charge < -0.3 is 15.4 Å². The fourth-order valence-corrected chi connectivity index (χ4v) is 2.21. The van der Waals surface area contributed by atoms with Crippen molar-refractivity contribution in [3.8, 4) is 5.75 Å². The molecule has 0 aromatic heterocycles. The fourth-order valence-electron chi connectivity index (χ4n) is 2.21. The molecular weight excluding hydrogens is 300 g/mol. The molecule has 24 heavy (non-hydrogen) atoms. The minimum Gasteiger partial charge on any atom is -0.491 e. The zero-order chi connectivity index (χ0) is 17.5. The highest BCUT2D eigenvalue weighted by Gasteiger charge is 2.06. The van der Waals surface area contributed by atoms with Gasteiger partial charge in [-0.1, -0.05) is 19.1 Å². The van der Waals surface area contributed by atoms with Gasteiger partial charge in [-0.25, -0.2) is 0 Å². The van der Waals surface area contributed by atoms with Crippen molar-refractivity contribution in [3.63, 3.8) is 0 Å². The Labute approximate surface area is 144 Å². The van der Waals surface area contributed by atoms with Crippen molar-refractivity contribution in [2.75, 3.05) is 17.2 Å². The highest BCUT2D eigenvalue weighted by Crippen LogP contribution is 2.18. The molecule has 1 amide bonds. The predicted octanol–water partition coefficient (Wildman–Crippen LogP) is 4.53. The SMILES string of the molecule is CCC(C)Oc1ccc(NCC(=O)Nc2cc(C)ccc2C)cc1. The first-order valence-electron chi connectivity index (χ1n) is 8.35. The lowest BCUT2D eigenvalue weighted by Crippen LogP contribution is -2.22. The van der Waals surface area contributed by atoms with E-state index in [0.29, 0.717) is 0 Å². The summed E-state index contributed by atoms with van der Waals surface area (Å²) in [5.41, 5.74) is 3.93. The van der Waals surface area contributed by atoms with Crippen LogP contribution in [0.15, 0.2) is 42.5 Å². The molecular formula is C20H26N2O2. The van der Waals surface area contributed by atoms with Gasteiger partial charge in [0, 0.05) is 11.4 Å². The predicted molar refractivity (Wildman–Crippen MR) is 99.9 cm³/mol. The van der Waals surface area contributed by atoms with E-state index in [1.807, 2.05) is 63.2 Å². The lowest BCUT2D eigenvalue weighted by atomic mass is 10.1. The molecule has 2 aromatic carbocycles. The molecule has 4 heteroatoms. The maximum absolute atomic E-state index is 12.1. The highest BCUT2D eigenvalue weighted by molar-refractivity contribution is 5.94. The van der Waals surface area contributed by atoms with Crippen molar-refractivity contribution in [2.45, 2.75) is 40.2 Å². The van der Waals surface area contributed by atoms with Crippen molar-refractivity contribution >= 4 is 17.3 Å². The van der Waals surface area contributed by atoms with Gasteiger partial charge in [-0.15, -0.1) is 0 Å². The average molecular weight is 326 g/mol. The largest absolute Gasteiger partial charge is 0.491 e. The summed E-state index contributed by atoms with van der Waals surface area (Å²) in [7, 11) is 0. The Balaban J connectivity index is 1.86. The van der Waals surface area contributed by atoms with Crippen molar-refractivity contribution in [2.24, 2.45) is 0 Å². The number of nitrogens with one attached hydrogen (secondary N) is 2. The summed E-state index contributed by atoms with van der Waals surface area (Å²) in [5.74, 6) is 0.776. The van der Waals surface area contributed by atoms with Gasteiger partial charge in [-0.2, -0.15) is 0 Å². The molecule has 0 radical (unpaired) electrons. The Morgan fingerprint density at radius 2 is 1.83 bits per heavy atom. The molecule has 0 saturated heterocycles. The van der Waals surface area contributed by atoms with Crippen LogP contribution in [0.1, 0.15) is 31.4 Å². The van der Waals surface area contributed by atoms with Crippen LogP contribution in [0.3, 0.4) is 0 Å². The number of ether oxygens (including phenoxy) is 1. The smallest absolute Gasteiger partial charge is 0.243 e. The molecule has 1 atom stereocenters. The third-order valence-corrected chi connectivity index (χ3v) is 3.89. The molecule has 0 aliphatic carbocycles. The minimum atomic E-state index is -0.0661. The van der Waals surface area contributed by atoms with E-state index in [2.05, 4.69) is 17.6 Å². The first-order valence-corrected chi connectivity index (χ1v) is 8.35. The average Bonchev–Trinajstić information content (AvgIpc) is 2.57. The molecule has 0 aliphatic heterocycles. The van der Waals surface area contributed by atoms with Gasteiger partial charge in [-0.3, -0.25) is 4.79 Å². The van der Waals surface area contributed by atoms with E-state index in [1.54, 1.807) is 0 Å². The van der Waals surface area contributed by atoms with Gasteiger partial charge in [0.2, 0.25) is 5.91 Å². The van der Waals surface area contributed by atoms with Crippen LogP contribution in [0.25, 0.3) is 0 Å². The number of hydrogen-bond acceptors (Lipinski definition) is 3. The zero-order valence-corrected chi connectivity index (χ0v) is 14.8. The monoisotopic (exact) mass is 326 g/mol. The second-order valence-corrected chi connectivity index (χ2v) is 6.08. The van der Waals surface area contributed by atoms with Crippen molar-refractivity contribution in [1.29, 1.82) is 0 Å². The van der Waals surface area contributed by atoms with E-state index in [-0.39, 0.29) is 18.6 Å². The normalized spacial score (nSPS) is 11.7. The minimum absolute atomic E-state index is 0.0661.